The minimum atomic E-state index is -1.84. The van der Waals surface area contributed by atoms with E-state index in [0.29, 0.717) is 12.8 Å². The first-order valence-corrected chi connectivity index (χ1v) is 11.7. The Morgan fingerprint density at radius 1 is 1.00 bits per heavy atom. The number of alkyl carbamates (subject to hydrolysis) is 1. The van der Waals surface area contributed by atoms with Gasteiger partial charge in [0.1, 0.15) is 6.61 Å². The number of aliphatic hydroxyl groups is 1. The number of nitrogens with zero attached hydrogens (tertiary/aromatic N) is 1. The zero-order valence-electron chi connectivity index (χ0n) is 18.8. The van der Waals surface area contributed by atoms with Crippen molar-refractivity contribution in [1.29, 1.82) is 0 Å². The van der Waals surface area contributed by atoms with Crippen molar-refractivity contribution < 1.29 is 29.3 Å². The predicted molar refractivity (Wildman–Crippen MR) is 123 cm³/mol. The lowest BCUT2D eigenvalue weighted by molar-refractivity contribution is -0.184. The second-order valence-corrected chi connectivity index (χ2v) is 9.56. The number of hydrogen-bond acceptors (Lipinski definition) is 5. The number of likely N-dealkylation sites (tertiary alicyclic amines) is 1. The van der Waals surface area contributed by atoms with Crippen LogP contribution in [0.5, 0.6) is 0 Å². The first-order chi connectivity index (χ1) is 16.4. The van der Waals surface area contributed by atoms with Crippen LogP contribution in [0.3, 0.4) is 0 Å². The molecule has 0 radical (unpaired) electrons. The molecule has 3 aliphatic rings. The SMILES string of the molecule is O=C(N[C@@H]1CCC[C@@H](C(=O)N2CC(O)(C(=O)O)C2)C1)OCC1c2ccccc2-c2ccccc21. The van der Waals surface area contributed by atoms with E-state index in [2.05, 4.69) is 29.6 Å². The first-order valence-electron chi connectivity index (χ1n) is 11.7. The van der Waals surface area contributed by atoms with E-state index in [1.807, 2.05) is 24.3 Å². The highest BCUT2D eigenvalue weighted by Gasteiger charge is 2.51. The fourth-order valence-electron chi connectivity index (χ4n) is 5.49. The second-order valence-electron chi connectivity index (χ2n) is 9.56. The summed E-state index contributed by atoms with van der Waals surface area (Å²) in [4.78, 5) is 37.8. The van der Waals surface area contributed by atoms with Crippen LogP contribution in [0.15, 0.2) is 48.5 Å². The molecule has 5 rings (SSSR count). The highest BCUT2D eigenvalue weighted by molar-refractivity contribution is 5.86. The number of benzene rings is 2. The number of carbonyl (C=O) groups is 3. The van der Waals surface area contributed by atoms with Gasteiger partial charge in [0.25, 0.3) is 0 Å². The van der Waals surface area contributed by atoms with Gasteiger partial charge in [0, 0.05) is 17.9 Å². The smallest absolute Gasteiger partial charge is 0.407 e. The number of amides is 2. The van der Waals surface area contributed by atoms with Crippen LogP contribution in [0.25, 0.3) is 11.1 Å². The third-order valence-corrected chi connectivity index (χ3v) is 7.30. The molecule has 0 aromatic heterocycles. The van der Waals surface area contributed by atoms with Gasteiger partial charge >= 0.3 is 12.1 Å². The van der Waals surface area contributed by atoms with Crippen molar-refractivity contribution in [3.63, 3.8) is 0 Å². The minimum Gasteiger partial charge on any atom is -0.479 e. The Hall–Kier alpha value is -3.39. The average molecular weight is 465 g/mol. The molecule has 178 valence electrons. The summed E-state index contributed by atoms with van der Waals surface area (Å²) in [6.07, 6.45) is 2.20. The fraction of sp³-hybridized carbons (Fsp3) is 0.423. The summed E-state index contributed by atoms with van der Waals surface area (Å²) in [6, 6.07) is 16.1. The summed E-state index contributed by atoms with van der Waals surface area (Å²) in [5, 5.41) is 21.8. The first kappa shape index (κ1) is 22.4. The lowest BCUT2D eigenvalue weighted by atomic mass is 9.83. The van der Waals surface area contributed by atoms with Crippen molar-refractivity contribution in [1.82, 2.24) is 10.2 Å². The van der Waals surface area contributed by atoms with E-state index in [1.54, 1.807) is 0 Å². The Kier molecular flexibility index (Phi) is 5.77. The van der Waals surface area contributed by atoms with E-state index >= 15 is 0 Å². The van der Waals surface area contributed by atoms with Crippen molar-refractivity contribution in [2.45, 2.75) is 43.2 Å². The van der Waals surface area contributed by atoms with Crippen LogP contribution in [0.1, 0.15) is 42.7 Å². The molecule has 0 unspecified atom stereocenters. The van der Waals surface area contributed by atoms with Gasteiger partial charge in [-0.3, -0.25) is 4.79 Å². The van der Waals surface area contributed by atoms with Crippen LogP contribution >= 0.6 is 0 Å². The molecule has 2 atom stereocenters. The van der Waals surface area contributed by atoms with E-state index in [-0.39, 0.29) is 43.5 Å². The summed E-state index contributed by atoms with van der Waals surface area (Å²) in [6.45, 7) is -0.152. The zero-order valence-corrected chi connectivity index (χ0v) is 18.8. The van der Waals surface area contributed by atoms with E-state index in [4.69, 9.17) is 9.84 Å². The summed E-state index contributed by atoms with van der Waals surface area (Å²) in [7, 11) is 0. The van der Waals surface area contributed by atoms with E-state index in [1.165, 1.54) is 16.0 Å². The highest BCUT2D eigenvalue weighted by atomic mass is 16.5. The van der Waals surface area contributed by atoms with Crippen molar-refractivity contribution in [2.24, 2.45) is 5.92 Å². The molecule has 1 aliphatic heterocycles. The van der Waals surface area contributed by atoms with Crippen LogP contribution in [0.4, 0.5) is 4.79 Å². The number of aliphatic carboxylic acids is 1. The second kappa shape index (κ2) is 8.76. The summed E-state index contributed by atoms with van der Waals surface area (Å²) < 4.78 is 5.63. The molecule has 0 bridgehead atoms. The zero-order chi connectivity index (χ0) is 23.9. The molecule has 1 saturated carbocycles. The van der Waals surface area contributed by atoms with Crippen LogP contribution in [0, 0.1) is 5.92 Å². The van der Waals surface area contributed by atoms with Gasteiger partial charge in [-0.2, -0.15) is 0 Å². The summed E-state index contributed by atoms with van der Waals surface area (Å²) in [5.41, 5.74) is 2.79. The topological polar surface area (TPSA) is 116 Å². The monoisotopic (exact) mass is 464 g/mol. The lowest BCUT2D eigenvalue weighted by Crippen LogP contribution is -2.68. The number of ether oxygens (including phenoxy) is 1. The largest absolute Gasteiger partial charge is 0.479 e. The Balaban J connectivity index is 1.15. The standard InChI is InChI=1S/C26H28N2O6/c29-23(28-14-26(33,15-28)24(30)31)16-6-5-7-17(12-16)27-25(32)34-13-22-20-10-3-1-8-18(20)19-9-2-4-11-21(19)22/h1-4,8-11,16-17,22,33H,5-7,12-15H2,(H,27,32)(H,30,31)/t16-,17-/m1/s1. The van der Waals surface area contributed by atoms with Crippen LogP contribution < -0.4 is 5.32 Å². The highest BCUT2D eigenvalue weighted by Crippen LogP contribution is 2.44. The molecule has 8 heteroatoms. The molecular formula is C26H28N2O6. The molecule has 1 saturated heterocycles. The third-order valence-electron chi connectivity index (χ3n) is 7.30. The number of carbonyl (C=O) groups excluding carboxylic acids is 2. The molecule has 0 spiro atoms. The summed E-state index contributed by atoms with van der Waals surface area (Å²) in [5.74, 6) is -1.79. The van der Waals surface area contributed by atoms with Gasteiger partial charge in [0.15, 0.2) is 5.60 Å². The van der Waals surface area contributed by atoms with Gasteiger partial charge < -0.3 is 25.2 Å². The van der Waals surface area contributed by atoms with Gasteiger partial charge in [-0.15, -0.1) is 0 Å². The molecular weight excluding hydrogens is 436 g/mol. The Labute approximate surface area is 197 Å². The van der Waals surface area contributed by atoms with Gasteiger partial charge in [-0.25, -0.2) is 9.59 Å². The van der Waals surface area contributed by atoms with Gasteiger partial charge in [0.2, 0.25) is 5.91 Å². The molecule has 1 heterocycles. The molecule has 3 N–H and O–H groups in total. The molecule has 34 heavy (non-hydrogen) atoms. The van der Waals surface area contributed by atoms with E-state index in [0.717, 1.165) is 24.0 Å². The number of hydrogen-bond donors (Lipinski definition) is 3. The third kappa shape index (κ3) is 4.03. The Morgan fingerprint density at radius 3 is 2.24 bits per heavy atom. The quantitative estimate of drug-likeness (QED) is 0.627. The number of carboxylic acid groups (broad SMARTS) is 1. The number of fused-ring (bicyclic) bond motifs is 3. The molecule has 2 amide bonds. The predicted octanol–water partition coefficient (Wildman–Crippen LogP) is 2.74. The minimum absolute atomic E-state index is 0.0155. The van der Waals surface area contributed by atoms with Gasteiger partial charge in [-0.05, 0) is 41.5 Å². The average Bonchev–Trinajstić information content (AvgIpc) is 3.14. The lowest BCUT2D eigenvalue weighted by Gasteiger charge is -2.45. The van der Waals surface area contributed by atoms with Crippen LogP contribution in [0.2, 0.25) is 0 Å². The number of carboxylic acids is 1. The number of nitrogens with one attached hydrogen (secondary N) is 1. The normalized spacial score (nSPS) is 22.8. The Bertz CT molecular complexity index is 1080. The van der Waals surface area contributed by atoms with Gasteiger partial charge in [0.05, 0.1) is 13.1 Å². The van der Waals surface area contributed by atoms with E-state index in [9.17, 15) is 19.5 Å². The van der Waals surface area contributed by atoms with E-state index < -0.39 is 17.7 Å². The van der Waals surface area contributed by atoms with Gasteiger partial charge in [-0.1, -0.05) is 55.0 Å². The van der Waals surface area contributed by atoms with Crippen LogP contribution in [-0.2, 0) is 14.3 Å². The maximum absolute atomic E-state index is 12.7. The van der Waals surface area contributed by atoms with Crippen molar-refractivity contribution in [3.05, 3.63) is 59.7 Å². The molecule has 2 aliphatic carbocycles. The van der Waals surface area contributed by atoms with Crippen molar-refractivity contribution >= 4 is 18.0 Å². The fourth-order valence-corrected chi connectivity index (χ4v) is 5.49. The van der Waals surface area contributed by atoms with Crippen molar-refractivity contribution in [3.8, 4) is 11.1 Å². The number of rotatable bonds is 5. The maximum atomic E-state index is 12.7. The van der Waals surface area contributed by atoms with Crippen molar-refractivity contribution in [2.75, 3.05) is 19.7 Å². The molecule has 8 nitrogen and oxygen atoms in total. The Morgan fingerprint density at radius 2 is 1.62 bits per heavy atom. The van der Waals surface area contributed by atoms with Crippen LogP contribution in [-0.4, -0.2) is 64.4 Å². The molecule has 2 aromatic carbocycles. The number of β-amino-alcohol motifs (C(OH)–C–C–N with tert-alkyl or cyclic N) is 1. The maximum Gasteiger partial charge on any atom is 0.407 e. The molecule has 2 fully saturated rings. The molecule has 2 aromatic rings. The summed E-state index contributed by atoms with van der Waals surface area (Å²) >= 11 is 0.